The highest BCUT2D eigenvalue weighted by atomic mass is 32.2. The van der Waals surface area contributed by atoms with Crippen LogP contribution in [0.3, 0.4) is 0 Å². The Kier molecular flexibility index (Phi) is 6.60. The molecule has 2 saturated carbocycles. The molecule has 0 spiro atoms. The van der Waals surface area contributed by atoms with E-state index in [1.807, 2.05) is 6.07 Å². The molecule has 2 aliphatic carbocycles. The minimum Gasteiger partial charge on any atom is -0.456 e. The Morgan fingerprint density at radius 1 is 1.33 bits per heavy atom. The predicted octanol–water partition coefficient (Wildman–Crippen LogP) is 3.47. The monoisotopic (exact) mass is 367 g/mol. The number of carbonyl (C=O) groups is 2. The van der Waals surface area contributed by atoms with E-state index in [0.29, 0.717) is 18.9 Å². The highest BCUT2D eigenvalue weighted by Gasteiger charge is 2.40. The smallest absolute Gasteiger partial charge is 0.306 e. The predicted molar refractivity (Wildman–Crippen MR) is 98.0 cm³/mol. The third-order valence-corrected chi connectivity index (χ3v) is 7.14. The molecule has 2 fully saturated rings. The second kappa shape index (κ2) is 8.90. The highest BCUT2D eigenvalue weighted by Crippen LogP contribution is 2.49. The molecule has 2 bridgehead atoms. The lowest BCUT2D eigenvalue weighted by Crippen LogP contribution is -2.31. The van der Waals surface area contributed by atoms with Crippen molar-refractivity contribution in [3.63, 3.8) is 0 Å². The molecule has 24 heavy (non-hydrogen) atoms. The van der Waals surface area contributed by atoms with Crippen molar-refractivity contribution < 1.29 is 14.3 Å². The number of fused-ring (bicyclic) bond motifs is 2. The molecule has 0 aliphatic heterocycles. The number of rotatable bonds is 9. The van der Waals surface area contributed by atoms with Gasteiger partial charge in [0.15, 0.2) is 6.61 Å². The number of thiophene rings is 1. The number of amides is 1. The number of esters is 1. The lowest BCUT2D eigenvalue weighted by atomic mass is 9.86. The van der Waals surface area contributed by atoms with Gasteiger partial charge in [-0.3, -0.25) is 9.59 Å². The quantitative estimate of drug-likeness (QED) is 0.536. The lowest BCUT2D eigenvalue weighted by Gasteiger charge is -2.20. The van der Waals surface area contributed by atoms with Crippen molar-refractivity contribution in [2.24, 2.45) is 17.8 Å². The second-order valence-corrected chi connectivity index (χ2v) is 8.92. The van der Waals surface area contributed by atoms with Gasteiger partial charge >= 0.3 is 5.97 Å². The molecule has 4 nitrogen and oxygen atoms in total. The molecule has 1 aromatic rings. The van der Waals surface area contributed by atoms with Crippen LogP contribution in [-0.2, 0) is 20.1 Å². The van der Waals surface area contributed by atoms with Crippen LogP contribution in [-0.4, -0.2) is 30.8 Å². The Balaban J connectivity index is 1.21. The molecule has 0 aromatic carbocycles. The van der Waals surface area contributed by atoms with E-state index >= 15 is 0 Å². The standard InChI is InChI=1S/C18H25NO3S2/c20-17(19-5-7-23-12-16-2-1-6-24-16)11-22-18(21)10-15-9-13-3-4-14(15)8-13/h1-2,6,13-15H,3-5,7-12H2,(H,19,20)/t13-,14+,15+/m0/s1. The molecule has 0 unspecified atom stereocenters. The van der Waals surface area contributed by atoms with Crippen LogP contribution in [0.4, 0.5) is 0 Å². The third-order valence-electron chi connectivity index (χ3n) is 5.07. The normalized spacial score (nSPS) is 24.9. The number of carbonyl (C=O) groups excluding carboxylic acids is 2. The van der Waals surface area contributed by atoms with Gasteiger partial charge in [0.25, 0.3) is 5.91 Å². The highest BCUT2D eigenvalue weighted by molar-refractivity contribution is 7.98. The van der Waals surface area contributed by atoms with Crippen LogP contribution >= 0.6 is 23.1 Å². The SMILES string of the molecule is O=C(COC(=O)C[C@H]1C[C@H]2CC[C@@H]1C2)NCCSCc1cccs1. The zero-order valence-corrected chi connectivity index (χ0v) is 15.5. The zero-order chi connectivity index (χ0) is 16.8. The Bertz CT molecular complexity index is 546. The van der Waals surface area contributed by atoms with Crippen molar-refractivity contribution in [1.29, 1.82) is 0 Å². The van der Waals surface area contributed by atoms with Gasteiger partial charge in [-0.2, -0.15) is 11.8 Å². The summed E-state index contributed by atoms with van der Waals surface area (Å²) in [4.78, 5) is 24.9. The van der Waals surface area contributed by atoms with E-state index in [-0.39, 0.29) is 18.5 Å². The average Bonchev–Trinajstić information content (AvgIpc) is 3.30. The van der Waals surface area contributed by atoms with Crippen molar-refractivity contribution in [1.82, 2.24) is 5.32 Å². The summed E-state index contributed by atoms with van der Waals surface area (Å²) < 4.78 is 5.13. The van der Waals surface area contributed by atoms with E-state index in [1.165, 1.54) is 30.6 Å². The maximum Gasteiger partial charge on any atom is 0.306 e. The molecule has 132 valence electrons. The number of thioether (sulfide) groups is 1. The van der Waals surface area contributed by atoms with E-state index in [2.05, 4.69) is 16.8 Å². The van der Waals surface area contributed by atoms with Crippen LogP contribution in [0.2, 0.25) is 0 Å². The van der Waals surface area contributed by atoms with Crippen LogP contribution < -0.4 is 5.32 Å². The van der Waals surface area contributed by atoms with Crippen molar-refractivity contribution in [2.45, 2.75) is 37.9 Å². The Morgan fingerprint density at radius 3 is 2.96 bits per heavy atom. The maximum atomic E-state index is 11.9. The molecule has 2 aliphatic rings. The number of hydrogen-bond donors (Lipinski definition) is 1. The first kappa shape index (κ1) is 17.8. The first-order chi connectivity index (χ1) is 11.7. The molecule has 1 amide bonds. The molecule has 6 heteroatoms. The summed E-state index contributed by atoms with van der Waals surface area (Å²) in [7, 11) is 0. The van der Waals surface area contributed by atoms with Gasteiger partial charge in [0.1, 0.15) is 0 Å². The Morgan fingerprint density at radius 2 is 2.25 bits per heavy atom. The molecule has 0 radical (unpaired) electrons. The topological polar surface area (TPSA) is 55.4 Å². The van der Waals surface area contributed by atoms with Gasteiger partial charge in [0.2, 0.25) is 0 Å². The molecule has 0 saturated heterocycles. The average molecular weight is 368 g/mol. The summed E-state index contributed by atoms with van der Waals surface area (Å²) in [6.07, 6.45) is 5.56. The van der Waals surface area contributed by atoms with Gasteiger partial charge in [0.05, 0.1) is 0 Å². The molecular formula is C18H25NO3S2. The van der Waals surface area contributed by atoms with Gasteiger partial charge in [0, 0.05) is 29.3 Å². The van der Waals surface area contributed by atoms with Gasteiger partial charge < -0.3 is 10.1 Å². The van der Waals surface area contributed by atoms with E-state index in [4.69, 9.17) is 4.74 Å². The minimum absolute atomic E-state index is 0.144. The summed E-state index contributed by atoms with van der Waals surface area (Å²) in [5, 5.41) is 4.88. The Labute approximate surface area is 151 Å². The van der Waals surface area contributed by atoms with Crippen molar-refractivity contribution in [3.8, 4) is 0 Å². The van der Waals surface area contributed by atoms with E-state index in [1.54, 1.807) is 23.1 Å². The van der Waals surface area contributed by atoms with Crippen molar-refractivity contribution >= 4 is 35.0 Å². The Hall–Kier alpha value is -1.01. The zero-order valence-electron chi connectivity index (χ0n) is 13.9. The number of hydrogen-bond acceptors (Lipinski definition) is 5. The van der Waals surface area contributed by atoms with Gasteiger partial charge in [-0.15, -0.1) is 11.3 Å². The lowest BCUT2D eigenvalue weighted by molar-refractivity contribution is -0.149. The van der Waals surface area contributed by atoms with Crippen LogP contribution in [0.1, 0.15) is 37.0 Å². The molecule has 3 atom stereocenters. The van der Waals surface area contributed by atoms with E-state index in [0.717, 1.165) is 23.3 Å². The van der Waals surface area contributed by atoms with Gasteiger partial charge in [-0.25, -0.2) is 0 Å². The molecule has 1 aromatic heterocycles. The summed E-state index contributed by atoms with van der Waals surface area (Å²) >= 11 is 3.54. The first-order valence-corrected chi connectivity index (χ1v) is 10.8. The van der Waals surface area contributed by atoms with E-state index in [9.17, 15) is 9.59 Å². The fourth-order valence-corrected chi connectivity index (χ4v) is 5.63. The van der Waals surface area contributed by atoms with Crippen molar-refractivity contribution in [3.05, 3.63) is 22.4 Å². The summed E-state index contributed by atoms with van der Waals surface area (Å²) in [5.41, 5.74) is 0. The van der Waals surface area contributed by atoms with E-state index < -0.39 is 0 Å². The van der Waals surface area contributed by atoms with Crippen LogP contribution in [0.25, 0.3) is 0 Å². The summed E-state index contributed by atoms with van der Waals surface area (Å²) in [5.74, 6) is 3.48. The van der Waals surface area contributed by atoms with Gasteiger partial charge in [-0.1, -0.05) is 12.5 Å². The van der Waals surface area contributed by atoms with Gasteiger partial charge in [-0.05, 0) is 48.5 Å². The fraction of sp³-hybridized carbons (Fsp3) is 0.667. The summed E-state index contributed by atoms with van der Waals surface area (Å²) in [6, 6.07) is 4.17. The number of nitrogens with one attached hydrogen (secondary N) is 1. The van der Waals surface area contributed by atoms with Crippen LogP contribution in [0.5, 0.6) is 0 Å². The summed E-state index contributed by atoms with van der Waals surface area (Å²) in [6.45, 7) is 0.466. The maximum absolute atomic E-state index is 11.9. The van der Waals surface area contributed by atoms with Crippen molar-refractivity contribution in [2.75, 3.05) is 18.9 Å². The van der Waals surface area contributed by atoms with Crippen LogP contribution in [0, 0.1) is 17.8 Å². The van der Waals surface area contributed by atoms with Crippen LogP contribution in [0.15, 0.2) is 17.5 Å². The molecule has 3 rings (SSSR count). The fourth-order valence-electron chi connectivity index (χ4n) is 3.93. The largest absolute Gasteiger partial charge is 0.456 e. The first-order valence-electron chi connectivity index (χ1n) is 8.73. The third kappa shape index (κ3) is 5.24. The second-order valence-electron chi connectivity index (χ2n) is 6.78. The molecular weight excluding hydrogens is 342 g/mol. The molecule has 1 heterocycles. The number of ether oxygens (including phenoxy) is 1. The minimum atomic E-state index is -0.213. The molecule has 1 N–H and O–H groups in total.